The summed E-state index contributed by atoms with van der Waals surface area (Å²) in [4.78, 5) is 12.5. The van der Waals surface area contributed by atoms with E-state index in [9.17, 15) is 4.79 Å². The molecule has 112 valence electrons. The minimum atomic E-state index is -0.799. The van der Waals surface area contributed by atoms with Gasteiger partial charge in [-0.25, -0.2) is 0 Å². The summed E-state index contributed by atoms with van der Waals surface area (Å²) in [5, 5.41) is 8.45. The summed E-state index contributed by atoms with van der Waals surface area (Å²) < 4.78 is 5.43. The lowest BCUT2D eigenvalue weighted by molar-refractivity contribution is -0.137. The molecule has 0 spiro atoms. The zero-order chi connectivity index (χ0) is 15.3. The zero-order valence-electron chi connectivity index (χ0n) is 12.4. The van der Waals surface area contributed by atoms with Gasteiger partial charge in [0.05, 0.1) is 18.9 Å². The van der Waals surface area contributed by atoms with Crippen LogP contribution >= 0.6 is 11.6 Å². The van der Waals surface area contributed by atoms with Gasteiger partial charge >= 0.3 is 5.97 Å². The molecule has 1 aromatic carbocycles. The number of methoxy groups -OCH3 is 1. The van der Waals surface area contributed by atoms with E-state index in [1.165, 1.54) is 0 Å². The van der Waals surface area contributed by atoms with Gasteiger partial charge in [-0.15, -0.1) is 11.6 Å². The van der Waals surface area contributed by atoms with E-state index in [1.807, 2.05) is 31.9 Å². The number of carboxylic acids is 1. The van der Waals surface area contributed by atoms with Crippen molar-refractivity contribution < 1.29 is 14.6 Å². The van der Waals surface area contributed by atoms with Gasteiger partial charge in [0.2, 0.25) is 0 Å². The third-order valence-electron chi connectivity index (χ3n) is 3.17. The third kappa shape index (κ3) is 4.69. The molecule has 1 aromatic rings. The molecule has 0 fully saturated rings. The van der Waals surface area contributed by atoms with Gasteiger partial charge in [-0.2, -0.15) is 0 Å². The van der Waals surface area contributed by atoms with Gasteiger partial charge in [0.1, 0.15) is 5.75 Å². The van der Waals surface area contributed by atoms with E-state index >= 15 is 0 Å². The Balaban J connectivity index is 2.81. The lowest BCUT2D eigenvalue weighted by atomic mass is 10.0. The maximum absolute atomic E-state index is 10.6. The zero-order valence-corrected chi connectivity index (χ0v) is 13.2. The molecule has 0 saturated carbocycles. The van der Waals surface area contributed by atoms with Gasteiger partial charge in [-0.1, -0.05) is 17.7 Å². The number of likely N-dealkylation sites (N-methyl/N-ethyl adjacent to an activating group) is 1. The van der Waals surface area contributed by atoms with Crippen LogP contribution < -0.4 is 4.74 Å². The van der Waals surface area contributed by atoms with Crippen LogP contribution in [0.25, 0.3) is 0 Å². The SMILES string of the molecule is COc1c(C)cc(C)cc1C(Cl)CN(C)CCC(=O)O. The Bertz CT molecular complexity index is 476. The first-order chi connectivity index (χ1) is 9.35. The highest BCUT2D eigenvalue weighted by atomic mass is 35.5. The summed E-state index contributed by atoms with van der Waals surface area (Å²) in [6.07, 6.45) is 0.115. The van der Waals surface area contributed by atoms with Crippen LogP contribution in [0.4, 0.5) is 0 Å². The number of aliphatic carboxylic acids is 1. The van der Waals surface area contributed by atoms with Crippen molar-refractivity contribution in [2.75, 3.05) is 27.2 Å². The summed E-state index contributed by atoms with van der Waals surface area (Å²) in [5.74, 6) is 0.00851. The second-order valence-electron chi connectivity index (χ2n) is 5.08. The number of halogens is 1. The Morgan fingerprint density at radius 1 is 1.45 bits per heavy atom. The normalized spacial score (nSPS) is 12.5. The predicted octanol–water partition coefficient (Wildman–Crippen LogP) is 3.00. The molecule has 0 aliphatic carbocycles. The number of aryl methyl sites for hydroxylation is 2. The summed E-state index contributed by atoms with van der Waals surface area (Å²) in [6.45, 7) is 5.07. The molecule has 0 radical (unpaired) electrons. The minimum Gasteiger partial charge on any atom is -0.496 e. The quantitative estimate of drug-likeness (QED) is 0.786. The number of carboxylic acid groups (broad SMARTS) is 1. The molecule has 4 nitrogen and oxygen atoms in total. The van der Waals surface area contributed by atoms with Crippen molar-refractivity contribution in [3.8, 4) is 5.75 Å². The van der Waals surface area contributed by atoms with Crippen molar-refractivity contribution in [1.82, 2.24) is 4.90 Å². The Labute approximate surface area is 125 Å². The fourth-order valence-electron chi connectivity index (χ4n) is 2.25. The van der Waals surface area contributed by atoms with Crippen LogP contribution in [0.1, 0.15) is 28.5 Å². The van der Waals surface area contributed by atoms with Crippen LogP contribution in [-0.2, 0) is 4.79 Å². The van der Waals surface area contributed by atoms with Crippen LogP contribution in [0.2, 0.25) is 0 Å². The van der Waals surface area contributed by atoms with Crippen molar-refractivity contribution in [1.29, 1.82) is 0 Å². The van der Waals surface area contributed by atoms with E-state index in [-0.39, 0.29) is 11.8 Å². The largest absolute Gasteiger partial charge is 0.496 e. The van der Waals surface area contributed by atoms with Gasteiger partial charge < -0.3 is 14.7 Å². The van der Waals surface area contributed by atoms with Crippen LogP contribution in [0.3, 0.4) is 0 Å². The third-order valence-corrected chi connectivity index (χ3v) is 3.54. The molecule has 1 N–H and O–H groups in total. The summed E-state index contributed by atoms with van der Waals surface area (Å²) in [6, 6.07) is 4.08. The van der Waals surface area contributed by atoms with Crippen molar-refractivity contribution in [2.45, 2.75) is 25.6 Å². The number of alkyl halides is 1. The number of hydrogen-bond acceptors (Lipinski definition) is 3. The van der Waals surface area contributed by atoms with E-state index < -0.39 is 5.97 Å². The topological polar surface area (TPSA) is 49.8 Å². The maximum atomic E-state index is 10.6. The van der Waals surface area contributed by atoms with Gasteiger partial charge in [-0.3, -0.25) is 4.79 Å². The standard InChI is InChI=1S/C15H22ClNO3/c1-10-7-11(2)15(20-4)12(8-10)13(16)9-17(3)6-5-14(18)19/h7-8,13H,5-6,9H2,1-4H3,(H,18,19). The molecule has 20 heavy (non-hydrogen) atoms. The second-order valence-corrected chi connectivity index (χ2v) is 5.60. The first-order valence-corrected chi connectivity index (χ1v) is 6.98. The monoisotopic (exact) mass is 299 g/mol. The summed E-state index contributed by atoms with van der Waals surface area (Å²) in [7, 11) is 3.51. The molecule has 0 aliphatic heterocycles. The lowest BCUT2D eigenvalue weighted by Gasteiger charge is -2.22. The first-order valence-electron chi connectivity index (χ1n) is 6.54. The van der Waals surface area contributed by atoms with Crippen LogP contribution in [0.15, 0.2) is 12.1 Å². The molecular weight excluding hydrogens is 278 g/mol. The van der Waals surface area contributed by atoms with E-state index in [2.05, 4.69) is 6.07 Å². The highest BCUT2D eigenvalue weighted by Gasteiger charge is 2.18. The smallest absolute Gasteiger partial charge is 0.304 e. The molecule has 5 heteroatoms. The molecular formula is C15H22ClNO3. The van der Waals surface area contributed by atoms with Crippen molar-refractivity contribution in [2.24, 2.45) is 0 Å². The molecule has 0 saturated heterocycles. The van der Waals surface area contributed by atoms with Crippen LogP contribution in [0.5, 0.6) is 5.75 Å². The lowest BCUT2D eigenvalue weighted by Crippen LogP contribution is -2.25. The highest BCUT2D eigenvalue weighted by Crippen LogP contribution is 2.33. The van der Waals surface area contributed by atoms with E-state index in [1.54, 1.807) is 7.11 Å². The van der Waals surface area contributed by atoms with Crippen LogP contribution in [-0.4, -0.2) is 43.2 Å². The number of benzene rings is 1. The number of nitrogens with zero attached hydrogens (tertiary/aromatic N) is 1. The minimum absolute atomic E-state index is 0.115. The van der Waals surface area contributed by atoms with Gasteiger partial charge in [0.15, 0.2) is 0 Å². The predicted molar refractivity (Wildman–Crippen MR) is 80.8 cm³/mol. The molecule has 1 rings (SSSR count). The highest BCUT2D eigenvalue weighted by molar-refractivity contribution is 6.21. The molecule has 0 aromatic heterocycles. The molecule has 0 bridgehead atoms. The number of rotatable bonds is 7. The number of hydrogen-bond donors (Lipinski definition) is 1. The van der Waals surface area contributed by atoms with Crippen molar-refractivity contribution in [3.63, 3.8) is 0 Å². The number of ether oxygens (including phenoxy) is 1. The van der Waals surface area contributed by atoms with Crippen molar-refractivity contribution >= 4 is 17.6 Å². The average molecular weight is 300 g/mol. The molecule has 0 aliphatic rings. The Hall–Kier alpha value is -1.26. The first kappa shape index (κ1) is 16.8. The maximum Gasteiger partial charge on any atom is 0.304 e. The summed E-state index contributed by atoms with van der Waals surface area (Å²) >= 11 is 6.48. The molecule has 0 heterocycles. The molecule has 1 unspecified atom stereocenters. The van der Waals surface area contributed by atoms with E-state index in [0.29, 0.717) is 13.1 Å². The second kappa shape index (κ2) is 7.50. The fraction of sp³-hybridized carbons (Fsp3) is 0.533. The van der Waals surface area contributed by atoms with Gasteiger partial charge in [-0.05, 0) is 26.5 Å². The fourth-order valence-corrected chi connectivity index (χ4v) is 2.65. The Kier molecular flexibility index (Phi) is 6.30. The molecule has 0 amide bonds. The van der Waals surface area contributed by atoms with Gasteiger partial charge in [0, 0.05) is 18.7 Å². The van der Waals surface area contributed by atoms with Gasteiger partial charge in [0.25, 0.3) is 0 Å². The average Bonchev–Trinajstić information content (AvgIpc) is 2.35. The van der Waals surface area contributed by atoms with E-state index in [4.69, 9.17) is 21.4 Å². The Morgan fingerprint density at radius 3 is 2.65 bits per heavy atom. The number of carbonyl (C=O) groups is 1. The van der Waals surface area contributed by atoms with E-state index in [0.717, 1.165) is 22.4 Å². The van der Waals surface area contributed by atoms with Crippen molar-refractivity contribution in [3.05, 3.63) is 28.8 Å². The van der Waals surface area contributed by atoms with Crippen LogP contribution in [0, 0.1) is 13.8 Å². The summed E-state index contributed by atoms with van der Waals surface area (Å²) in [5.41, 5.74) is 3.15. The molecule has 1 atom stereocenters. The Morgan fingerprint density at radius 2 is 2.10 bits per heavy atom.